The zero-order chi connectivity index (χ0) is 18.7. The molecule has 1 fully saturated rings. The molecule has 1 heterocycles. The molecule has 0 N–H and O–H groups in total. The van der Waals surface area contributed by atoms with Gasteiger partial charge < -0.3 is 4.74 Å². The number of nitrogens with zero attached hydrogens (tertiary/aromatic N) is 1. The van der Waals surface area contributed by atoms with Crippen molar-refractivity contribution in [1.82, 2.24) is 4.90 Å². The Balaban J connectivity index is 1.93. The Labute approximate surface area is 158 Å². The first-order chi connectivity index (χ1) is 12.4. The van der Waals surface area contributed by atoms with Crippen LogP contribution in [0, 0.1) is 11.5 Å². The molecule has 3 rings (SSSR count). The molecule has 0 spiro atoms. The predicted octanol–water partition coefficient (Wildman–Crippen LogP) is 5.45. The molecule has 0 saturated carbocycles. The predicted molar refractivity (Wildman–Crippen MR) is 108 cm³/mol. The van der Waals surface area contributed by atoms with Crippen molar-refractivity contribution in [2.45, 2.75) is 70.8 Å². The summed E-state index contributed by atoms with van der Waals surface area (Å²) in [5, 5.41) is 0. The molecule has 0 radical (unpaired) electrons. The average molecular weight is 368 g/mol. The van der Waals surface area contributed by atoms with Gasteiger partial charge in [0, 0.05) is 6.42 Å². The van der Waals surface area contributed by atoms with Crippen LogP contribution < -0.4 is 0 Å². The molecule has 0 unspecified atom stereocenters. The molecule has 2 atom stereocenters. The van der Waals surface area contributed by atoms with Crippen LogP contribution in [0.1, 0.15) is 49.8 Å². The van der Waals surface area contributed by atoms with Crippen molar-refractivity contribution in [3.8, 4) is 11.5 Å². The van der Waals surface area contributed by atoms with Gasteiger partial charge in [0.15, 0.2) is 0 Å². The van der Waals surface area contributed by atoms with Crippen molar-refractivity contribution in [3.63, 3.8) is 0 Å². The van der Waals surface area contributed by atoms with E-state index in [0.29, 0.717) is 0 Å². The third-order valence-corrected chi connectivity index (χ3v) is 5.72. The minimum atomic E-state index is -1.53. The number of hydrogen-bond acceptors (Lipinski definition) is 2. The number of hydrogen-bond donors (Lipinski definition) is 0. The van der Waals surface area contributed by atoms with E-state index in [1.54, 1.807) is 0 Å². The lowest BCUT2D eigenvalue weighted by molar-refractivity contribution is 0.134. The molecule has 2 aliphatic rings. The number of fused-ring (bicyclic) bond motifs is 3. The Morgan fingerprint density at radius 1 is 1.31 bits per heavy atom. The largest absolute Gasteiger partial charge is 0.443 e. The van der Waals surface area contributed by atoms with E-state index >= 15 is 0 Å². The second kappa shape index (κ2) is 7.71. The molecule has 1 amide bonds. The number of amides is 1. The Bertz CT molecular complexity index is 766. The second-order valence-electron chi connectivity index (χ2n) is 8.23. The number of allylic oxidation sites excluding steroid dienone is 2. The number of benzene rings is 1. The zero-order valence-corrected chi connectivity index (χ0v) is 17.3. The fraction of sp³-hybridized carbons (Fsp3) is 0.500. The first kappa shape index (κ1) is 18.8. The van der Waals surface area contributed by atoms with Gasteiger partial charge in [0.2, 0.25) is 0 Å². The quantitative estimate of drug-likeness (QED) is 0.393. The maximum atomic E-state index is 12.7. The highest BCUT2D eigenvalue weighted by atomic mass is 28.3. The number of unbranched alkanes of at least 4 members (excludes halogenated alkanes) is 3. The van der Waals surface area contributed by atoms with Crippen molar-refractivity contribution in [2.24, 2.45) is 0 Å². The minimum absolute atomic E-state index is 0.0351. The van der Waals surface area contributed by atoms with E-state index in [2.05, 4.69) is 62.3 Å². The van der Waals surface area contributed by atoms with Crippen molar-refractivity contribution >= 4 is 14.2 Å². The van der Waals surface area contributed by atoms with Crippen molar-refractivity contribution in [3.05, 3.63) is 47.2 Å². The van der Waals surface area contributed by atoms with Gasteiger partial charge in [0.1, 0.15) is 20.2 Å². The molecular formula is C22H29NO2Si. The van der Waals surface area contributed by atoms with Crippen LogP contribution in [-0.2, 0) is 11.2 Å². The summed E-state index contributed by atoms with van der Waals surface area (Å²) in [5.74, 6) is 3.35. The zero-order valence-electron chi connectivity index (χ0n) is 16.3. The van der Waals surface area contributed by atoms with E-state index in [1.807, 2.05) is 11.0 Å². The molecule has 1 saturated heterocycles. The highest BCUT2D eigenvalue weighted by molar-refractivity contribution is 6.83. The highest BCUT2D eigenvalue weighted by Gasteiger charge is 2.48. The molecule has 0 bridgehead atoms. The Kier molecular flexibility index (Phi) is 5.57. The summed E-state index contributed by atoms with van der Waals surface area (Å²) in [4.78, 5) is 14.5. The van der Waals surface area contributed by atoms with Crippen LogP contribution in [0.5, 0.6) is 0 Å². The van der Waals surface area contributed by atoms with Crippen LogP contribution in [0.4, 0.5) is 4.79 Å². The van der Waals surface area contributed by atoms with Crippen molar-refractivity contribution in [1.29, 1.82) is 0 Å². The van der Waals surface area contributed by atoms with E-state index in [1.165, 1.54) is 24.0 Å². The molecule has 1 aliphatic heterocycles. The van der Waals surface area contributed by atoms with Crippen LogP contribution in [-0.4, -0.2) is 25.2 Å². The number of carbonyl (C=O) groups is 1. The Hall–Kier alpha value is -1.99. The van der Waals surface area contributed by atoms with E-state index in [-0.39, 0.29) is 18.2 Å². The summed E-state index contributed by atoms with van der Waals surface area (Å²) < 4.78 is 5.71. The average Bonchev–Trinajstić information content (AvgIpc) is 3.08. The third-order valence-electron chi connectivity index (χ3n) is 4.84. The van der Waals surface area contributed by atoms with Crippen molar-refractivity contribution in [2.75, 3.05) is 0 Å². The van der Waals surface area contributed by atoms with Gasteiger partial charge in [-0.3, -0.25) is 4.90 Å². The number of rotatable bonds is 5. The Morgan fingerprint density at radius 3 is 2.81 bits per heavy atom. The van der Waals surface area contributed by atoms with E-state index < -0.39 is 8.07 Å². The van der Waals surface area contributed by atoms with E-state index in [0.717, 1.165) is 25.0 Å². The van der Waals surface area contributed by atoms with Gasteiger partial charge in [-0.2, -0.15) is 0 Å². The fourth-order valence-electron chi connectivity index (χ4n) is 3.59. The van der Waals surface area contributed by atoms with Gasteiger partial charge in [-0.15, -0.1) is 5.54 Å². The normalized spacial score (nSPS) is 21.8. The molecule has 1 aromatic rings. The summed E-state index contributed by atoms with van der Waals surface area (Å²) in [6, 6.07) is 8.32. The van der Waals surface area contributed by atoms with Crippen molar-refractivity contribution < 1.29 is 9.53 Å². The lowest BCUT2D eigenvalue weighted by Crippen LogP contribution is -2.27. The molecule has 0 aromatic heterocycles. The van der Waals surface area contributed by atoms with E-state index in [4.69, 9.17) is 4.74 Å². The van der Waals surface area contributed by atoms with Gasteiger partial charge in [0.25, 0.3) is 0 Å². The van der Waals surface area contributed by atoms with Crippen LogP contribution in [0.2, 0.25) is 19.6 Å². The molecule has 4 heteroatoms. The number of carbonyl (C=O) groups excluding carboxylic acids is 1. The lowest BCUT2D eigenvalue weighted by atomic mass is 10.1. The molecule has 26 heavy (non-hydrogen) atoms. The van der Waals surface area contributed by atoms with Crippen LogP contribution in [0.25, 0.3) is 0 Å². The van der Waals surface area contributed by atoms with Crippen LogP contribution >= 0.6 is 0 Å². The van der Waals surface area contributed by atoms with Gasteiger partial charge >= 0.3 is 6.09 Å². The highest BCUT2D eigenvalue weighted by Crippen LogP contribution is 2.44. The fourth-order valence-corrected chi connectivity index (χ4v) is 4.09. The molecular weight excluding hydrogens is 338 g/mol. The smallest absolute Gasteiger partial charge is 0.415 e. The minimum Gasteiger partial charge on any atom is -0.443 e. The molecule has 1 aromatic carbocycles. The third kappa shape index (κ3) is 4.04. The maximum absolute atomic E-state index is 12.7. The first-order valence-electron chi connectivity index (χ1n) is 9.71. The molecule has 3 nitrogen and oxygen atoms in total. The van der Waals surface area contributed by atoms with E-state index in [9.17, 15) is 4.79 Å². The summed E-state index contributed by atoms with van der Waals surface area (Å²) in [6.07, 6.45) is 7.07. The topological polar surface area (TPSA) is 29.5 Å². The first-order valence-corrected chi connectivity index (χ1v) is 13.2. The second-order valence-corrected chi connectivity index (χ2v) is 13.0. The Morgan fingerprint density at radius 2 is 2.08 bits per heavy atom. The van der Waals surface area contributed by atoms with Crippen LogP contribution in [0.15, 0.2) is 36.0 Å². The van der Waals surface area contributed by atoms with Gasteiger partial charge in [0.05, 0.1) is 5.70 Å². The molecule has 1 aliphatic carbocycles. The van der Waals surface area contributed by atoms with Gasteiger partial charge in [-0.1, -0.05) is 75.7 Å². The summed E-state index contributed by atoms with van der Waals surface area (Å²) in [7, 11) is -1.53. The van der Waals surface area contributed by atoms with Gasteiger partial charge in [-0.05, 0) is 24.0 Å². The van der Waals surface area contributed by atoms with Crippen LogP contribution in [0.3, 0.4) is 0 Å². The molecule has 138 valence electrons. The number of ether oxygens (including phenoxy) is 1. The maximum Gasteiger partial charge on any atom is 0.415 e. The van der Waals surface area contributed by atoms with Gasteiger partial charge in [-0.25, -0.2) is 4.79 Å². The lowest BCUT2D eigenvalue weighted by Gasteiger charge is -2.22. The summed E-state index contributed by atoms with van der Waals surface area (Å²) >= 11 is 0. The summed E-state index contributed by atoms with van der Waals surface area (Å²) in [6.45, 7) is 8.88. The monoisotopic (exact) mass is 367 g/mol. The standard InChI is InChI=1S/C22H29NO2Si/c1-5-6-7-8-12-18(14-15-26(2,3)4)23-21-19-13-10-9-11-17(19)16-20(21)25-22(23)24/h9-13,20-21H,5-8,16H2,1-4H3/b18-12+/t20-,21+/m1/s1. The SMILES string of the molecule is CCCCC/C=C(\C#C[Si](C)(C)C)N1C(=O)O[C@@H]2Cc3ccccc3[C@@H]21. The summed E-state index contributed by atoms with van der Waals surface area (Å²) in [5.41, 5.74) is 6.75.